The van der Waals surface area contributed by atoms with Crippen molar-refractivity contribution in [1.29, 1.82) is 0 Å². The number of benzene rings is 2. The second-order valence-corrected chi connectivity index (χ2v) is 5.61. The van der Waals surface area contributed by atoms with Gasteiger partial charge in [0.25, 0.3) is 0 Å². The molecule has 110 valence electrons. The first-order valence-electron chi connectivity index (χ1n) is 6.58. The molecule has 0 bridgehead atoms. The van der Waals surface area contributed by atoms with Crippen LogP contribution in [0.4, 0.5) is 0 Å². The van der Waals surface area contributed by atoms with E-state index < -0.39 is 5.97 Å². The van der Waals surface area contributed by atoms with E-state index in [1.54, 1.807) is 18.2 Å². The van der Waals surface area contributed by atoms with Gasteiger partial charge in [-0.25, -0.2) is 9.78 Å². The highest BCUT2D eigenvalue weighted by atomic mass is 35.5. The van der Waals surface area contributed by atoms with Gasteiger partial charge in [0.1, 0.15) is 5.52 Å². The van der Waals surface area contributed by atoms with E-state index in [-0.39, 0.29) is 0 Å². The molecule has 0 saturated carbocycles. The smallest absolute Gasteiger partial charge is 0.343 e. The second kappa shape index (κ2) is 5.95. The maximum Gasteiger partial charge on any atom is 0.343 e. The molecule has 0 aliphatic carbocycles. The average Bonchev–Trinajstić information content (AvgIpc) is 2.50. The number of pyridine rings is 1. The number of carbonyl (C=O) groups is 1. The first-order chi connectivity index (χ1) is 10.5. The van der Waals surface area contributed by atoms with Gasteiger partial charge in [0.15, 0.2) is 5.75 Å². The lowest BCUT2D eigenvalue weighted by molar-refractivity contribution is 0.0737. The van der Waals surface area contributed by atoms with Crippen LogP contribution in [-0.4, -0.2) is 11.0 Å². The minimum absolute atomic E-state index is 0.308. The molecule has 22 heavy (non-hydrogen) atoms. The zero-order valence-electron chi connectivity index (χ0n) is 11.6. The van der Waals surface area contributed by atoms with Crippen molar-refractivity contribution >= 4 is 40.1 Å². The van der Waals surface area contributed by atoms with Crippen LogP contribution in [0, 0.1) is 6.92 Å². The van der Waals surface area contributed by atoms with Gasteiger partial charge >= 0.3 is 5.97 Å². The normalized spacial score (nSPS) is 10.7. The standard InChI is InChI=1S/C17H11Cl2NO2/c1-10-5-6-11-3-2-4-15(16(11)20-10)22-17(21)12-7-8-13(18)14(19)9-12/h2-9H,1H3. The van der Waals surface area contributed by atoms with Gasteiger partial charge in [-0.05, 0) is 37.3 Å². The number of nitrogens with zero attached hydrogens (tertiary/aromatic N) is 1. The van der Waals surface area contributed by atoms with Crippen LogP contribution in [0.15, 0.2) is 48.5 Å². The lowest BCUT2D eigenvalue weighted by atomic mass is 10.2. The molecule has 1 aromatic heterocycles. The summed E-state index contributed by atoms with van der Waals surface area (Å²) in [5.41, 5.74) is 1.83. The van der Waals surface area contributed by atoms with Gasteiger partial charge in [0, 0.05) is 11.1 Å². The molecule has 3 aromatic rings. The quantitative estimate of drug-likeness (QED) is 0.486. The van der Waals surface area contributed by atoms with Gasteiger partial charge in [-0.1, -0.05) is 41.4 Å². The van der Waals surface area contributed by atoms with Crippen molar-refractivity contribution in [2.75, 3.05) is 0 Å². The van der Waals surface area contributed by atoms with Gasteiger partial charge < -0.3 is 4.74 Å². The van der Waals surface area contributed by atoms with Crippen molar-refractivity contribution in [3.05, 3.63) is 69.8 Å². The molecule has 3 nitrogen and oxygen atoms in total. The van der Waals surface area contributed by atoms with E-state index in [0.717, 1.165) is 11.1 Å². The van der Waals surface area contributed by atoms with Crippen molar-refractivity contribution in [1.82, 2.24) is 4.98 Å². The molecule has 0 aliphatic heterocycles. The summed E-state index contributed by atoms with van der Waals surface area (Å²) in [4.78, 5) is 16.7. The molecule has 0 unspecified atom stereocenters. The Morgan fingerprint density at radius 3 is 2.64 bits per heavy atom. The van der Waals surface area contributed by atoms with E-state index in [2.05, 4.69) is 4.98 Å². The number of aromatic nitrogens is 1. The number of aryl methyl sites for hydroxylation is 1. The first-order valence-corrected chi connectivity index (χ1v) is 7.34. The van der Waals surface area contributed by atoms with E-state index in [0.29, 0.717) is 26.9 Å². The predicted octanol–water partition coefficient (Wildman–Crippen LogP) is 5.07. The summed E-state index contributed by atoms with van der Waals surface area (Å²) in [6, 6.07) is 13.9. The molecule has 1 heterocycles. The first kappa shape index (κ1) is 14.8. The molecule has 5 heteroatoms. The Labute approximate surface area is 137 Å². The van der Waals surface area contributed by atoms with Crippen LogP contribution in [0.1, 0.15) is 16.1 Å². The fraction of sp³-hybridized carbons (Fsp3) is 0.0588. The third-order valence-corrected chi connectivity index (χ3v) is 3.92. The highest BCUT2D eigenvalue weighted by Crippen LogP contribution is 2.26. The van der Waals surface area contributed by atoms with Gasteiger partial charge in [0.2, 0.25) is 0 Å². The molecule has 0 amide bonds. The number of halogens is 2. The number of hydrogen-bond donors (Lipinski definition) is 0. The van der Waals surface area contributed by atoms with Crippen molar-refractivity contribution in [3.63, 3.8) is 0 Å². The van der Waals surface area contributed by atoms with E-state index >= 15 is 0 Å². The van der Waals surface area contributed by atoms with Gasteiger partial charge in [0.05, 0.1) is 15.6 Å². The predicted molar refractivity (Wildman–Crippen MR) is 87.9 cm³/mol. The number of para-hydroxylation sites is 1. The summed E-state index contributed by atoms with van der Waals surface area (Å²) in [6.07, 6.45) is 0. The second-order valence-electron chi connectivity index (χ2n) is 4.80. The fourth-order valence-electron chi connectivity index (χ4n) is 2.08. The fourth-order valence-corrected chi connectivity index (χ4v) is 2.38. The van der Waals surface area contributed by atoms with E-state index in [1.165, 1.54) is 6.07 Å². The van der Waals surface area contributed by atoms with Crippen LogP contribution in [0.2, 0.25) is 10.0 Å². The molecule has 0 N–H and O–H groups in total. The number of hydrogen-bond acceptors (Lipinski definition) is 3. The minimum Gasteiger partial charge on any atom is -0.421 e. The summed E-state index contributed by atoms with van der Waals surface area (Å²) in [5.74, 6) is -0.0911. The summed E-state index contributed by atoms with van der Waals surface area (Å²) >= 11 is 11.8. The van der Waals surface area contributed by atoms with Crippen molar-refractivity contribution in [3.8, 4) is 5.75 Å². The Morgan fingerprint density at radius 1 is 1.05 bits per heavy atom. The Kier molecular flexibility index (Phi) is 4.01. The third-order valence-electron chi connectivity index (χ3n) is 3.18. The number of rotatable bonds is 2. The van der Waals surface area contributed by atoms with Gasteiger partial charge in [-0.15, -0.1) is 0 Å². The monoisotopic (exact) mass is 331 g/mol. The lowest BCUT2D eigenvalue weighted by Gasteiger charge is -2.08. The largest absolute Gasteiger partial charge is 0.421 e. The highest BCUT2D eigenvalue weighted by Gasteiger charge is 2.13. The Balaban J connectivity index is 1.97. The number of esters is 1. The average molecular weight is 332 g/mol. The molecule has 0 radical (unpaired) electrons. The van der Waals surface area contributed by atoms with Crippen LogP contribution in [-0.2, 0) is 0 Å². The highest BCUT2D eigenvalue weighted by molar-refractivity contribution is 6.42. The van der Waals surface area contributed by atoms with Crippen LogP contribution >= 0.6 is 23.2 Å². The van der Waals surface area contributed by atoms with Gasteiger partial charge in [-0.3, -0.25) is 0 Å². The van der Waals surface area contributed by atoms with Crippen molar-refractivity contribution < 1.29 is 9.53 Å². The number of ether oxygens (including phenoxy) is 1. The minimum atomic E-state index is -0.505. The molecule has 0 aliphatic rings. The summed E-state index contributed by atoms with van der Waals surface area (Å²) in [6.45, 7) is 1.89. The SMILES string of the molecule is Cc1ccc2cccc(OC(=O)c3ccc(Cl)c(Cl)c3)c2n1. The van der Waals surface area contributed by atoms with Crippen LogP contribution in [0.25, 0.3) is 10.9 Å². The maximum absolute atomic E-state index is 12.3. The zero-order valence-corrected chi connectivity index (χ0v) is 13.2. The Hall–Kier alpha value is -2.10. The topological polar surface area (TPSA) is 39.2 Å². The molecule has 0 saturated heterocycles. The summed E-state index contributed by atoms with van der Waals surface area (Å²) < 4.78 is 5.46. The van der Waals surface area contributed by atoms with Crippen LogP contribution in [0.3, 0.4) is 0 Å². The van der Waals surface area contributed by atoms with Crippen LogP contribution in [0.5, 0.6) is 5.75 Å². The lowest BCUT2D eigenvalue weighted by Crippen LogP contribution is -2.09. The molecule has 3 rings (SSSR count). The Bertz CT molecular complexity index is 878. The van der Waals surface area contributed by atoms with E-state index in [9.17, 15) is 4.79 Å². The van der Waals surface area contributed by atoms with E-state index in [4.69, 9.17) is 27.9 Å². The number of fused-ring (bicyclic) bond motifs is 1. The molecule has 0 atom stereocenters. The number of carbonyl (C=O) groups excluding carboxylic acids is 1. The molecule has 2 aromatic carbocycles. The zero-order chi connectivity index (χ0) is 15.7. The molecular weight excluding hydrogens is 321 g/mol. The van der Waals surface area contributed by atoms with E-state index in [1.807, 2.05) is 31.2 Å². The Morgan fingerprint density at radius 2 is 1.86 bits per heavy atom. The molecule has 0 spiro atoms. The summed E-state index contributed by atoms with van der Waals surface area (Å²) in [5, 5.41) is 1.61. The van der Waals surface area contributed by atoms with Crippen molar-refractivity contribution in [2.45, 2.75) is 6.92 Å². The van der Waals surface area contributed by atoms with Crippen LogP contribution < -0.4 is 4.74 Å². The molecular formula is C17H11Cl2NO2. The maximum atomic E-state index is 12.3. The van der Waals surface area contributed by atoms with Crippen molar-refractivity contribution in [2.24, 2.45) is 0 Å². The van der Waals surface area contributed by atoms with Gasteiger partial charge in [-0.2, -0.15) is 0 Å². The molecule has 0 fully saturated rings. The third kappa shape index (κ3) is 2.91. The summed E-state index contributed by atoms with van der Waals surface area (Å²) in [7, 11) is 0.